The van der Waals surface area contributed by atoms with E-state index in [9.17, 15) is 0 Å². The van der Waals surface area contributed by atoms with E-state index < -0.39 is 0 Å². The Morgan fingerprint density at radius 2 is 0.733 bits per heavy atom. The van der Waals surface area contributed by atoms with Crippen molar-refractivity contribution in [3.05, 3.63) is 120 Å². The molecule has 0 aliphatic rings. The van der Waals surface area contributed by atoms with Crippen molar-refractivity contribution in [3.63, 3.8) is 0 Å². The van der Waals surface area contributed by atoms with Crippen LogP contribution in [0.5, 0.6) is 0 Å². The molecule has 0 bridgehead atoms. The van der Waals surface area contributed by atoms with Crippen LogP contribution >= 0.6 is 0 Å². The molecule has 0 atom stereocenters. The van der Waals surface area contributed by atoms with Gasteiger partial charge in [-0.25, -0.2) is 0 Å². The minimum atomic E-state index is 1.14. The molecule has 0 fully saturated rings. The summed E-state index contributed by atoms with van der Waals surface area (Å²) in [4.78, 5) is 8.22. The second kappa shape index (κ2) is 8.14. The first-order chi connectivity index (χ1) is 14.9. The summed E-state index contributed by atoms with van der Waals surface area (Å²) in [5, 5.41) is 4.98. The van der Waals surface area contributed by atoms with Crippen molar-refractivity contribution in [3.8, 4) is 0 Å². The van der Waals surface area contributed by atoms with E-state index in [0.29, 0.717) is 0 Å². The van der Waals surface area contributed by atoms with Gasteiger partial charge in [-0.2, -0.15) is 0 Å². The van der Waals surface area contributed by atoms with Crippen molar-refractivity contribution >= 4 is 45.8 Å². The van der Waals surface area contributed by atoms with Gasteiger partial charge in [0, 0.05) is 24.8 Å². The summed E-state index contributed by atoms with van der Waals surface area (Å²) >= 11 is 0. The van der Waals surface area contributed by atoms with Crippen LogP contribution in [0.25, 0.3) is 45.8 Å². The fraction of sp³-hybridized carbons (Fsp3) is 0. The number of rotatable bonds is 4. The monoisotopic (exact) mass is 384 g/mol. The summed E-state index contributed by atoms with van der Waals surface area (Å²) in [7, 11) is 0. The molecule has 3 aromatic carbocycles. The molecule has 5 rings (SSSR count). The smallest absolute Gasteiger partial charge is 0.0273 e. The van der Waals surface area contributed by atoms with Gasteiger partial charge >= 0.3 is 0 Å². The van der Waals surface area contributed by atoms with E-state index in [4.69, 9.17) is 0 Å². The minimum Gasteiger partial charge on any atom is -0.265 e. The molecule has 0 radical (unpaired) electrons. The highest BCUT2D eigenvalue weighted by Crippen LogP contribution is 2.35. The Labute approximate surface area is 175 Å². The standard InChI is InChI=1S/C28H20N2/c1-2-6-24-23(5-1)27(11-9-21-13-17-29-18-14-21)25-7-3-4-8-26(25)28(24)12-10-22-15-19-30-20-16-22/h1-20H/b11-9+,12-10?. The summed E-state index contributed by atoms with van der Waals surface area (Å²) < 4.78 is 0. The van der Waals surface area contributed by atoms with E-state index in [2.05, 4.69) is 82.8 Å². The molecular weight excluding hydrogens is 364 g/mol. The lowest BCUT2D eigenvalue weighted by atomic mass is 9.91. The molecule has 2 heteroatoms. The Bertz CT molecular complexity index is 1200. The average molecular weight is 384 g/mol. The van der Waals surface area contributed by atoms with Crippen molar-refractivity contribution in [2.24, 2.45) is 0 Å². The van der Waals surface area contributed by atoms with Crippen LogP contribution in [-0.4, -0.2) is 9.97 Å². The van der Waals surface area contributed by atoms with E-state index >= 15 is 0 Å². The third-order valence-corrected chi connectivity index (χ3v) is 5.31. The molecule has 30 heavy (non-hydrogen) atoms. The molecule has 0 amide bonds. The first-order valence-corrected chi connectivity index (χ1v) is 10.00. The van der Waals surface area contributed by atoms with Gasteiger partial charge in [0.25, 0.3) is 0 Å². The highest BCUT2D eigenvalue weighted by atomic mass is 14.6. The Morgan fingerprint density at radius 1 is 0.400 bits per heavy atom. The molecule has 2 heterocycles. The van der Waals surface area contributed by atoms with Gasteiger partial charge in [-0.05, 0) is 68.1 Å². The molecule has 0 saturated carbocycles. The average Bonchev–Trinajstić information content (AvgIpc) is 2.82. The molecule has 5 aromatic rings. The van der Waals surface area contributed by atoms with E-state index in [1.165, 1.54) is 32.7 Å². The summed E-state index contributed by atoms with van der Waals surface area (Å²) in [6.45, 7) is 0. The lowest BCUT2D eigenvalue weighted by Crippen LogP contribution is -1.88. The zero-order valence-electron chi connectivity index (χ0n) is 16.4. The topological polar surface area (TPSA) is 25.8 Å². The predicted octanol–water partition coefficient (Wildman–Crippen LogP) is 7.12. The summed E-state index contributed by atoms with van der Waals surface area (Å²) in [6, 6.07) is 25.3. The fourth-order valence-electron chi connectivity index (χ4n) is 3.86. The van der Waals surface area contributed by atoms with Crippen LogP contribution in [0.4, 0.5) is 0 Å². The highest BCUT2D eigenvalue weighted by Gasteiger charge is 2.10. The number of benzene rings is 3. The van der Waals surface area contributed by atoms with Crippen molar-refractivity contribution in [2.75, 3.05) is 0 Å². The molecule has 2 nitrogen and oxygen atoms in total. The van der Waals surface area contributed by atoms with E-state index in [0.717, 1.165) is 11.1 Å². The van der Waals surface area contributed by atoms with Gasteiger partial charge in [0.1, 0.15) is 0 Å². The predicted molar refractivity (Wildman–Crippen MR) is 128 cm³/mol. The van der Waals surface area contributed by atoms with Crippen LogP contribution < -0.4 is 0 Å². The first-order valence-electron chi connectivity index (χ1n) is 10.00. The molecule has 142 valence electrons. The molecule has 2 aromatic heterocycles. The quantitative estimate of drug-likeness (QED) is 0.308. The highest BCUT2D eigenvalue weighted by molar-refractivity contribution is 6.14. The zero-order chi connectivity index (χ0) is 20.2. The number of aromatic nitrogens is 2. The molecule has 0 saturated heterocycles. The van der Waals surface area contributed by atoms with E-state index in [1.807, 2.05) is 49.1 Å². The van der Waals surface area contributed by atoms with Gasteiger partial charge in [-0.1, -0.05) is 72.8 Å². The Balaban J connectivity index is 1.74. The maximum Gasteiger partial charge on any atom is 0.0273 e. The van der Waals surface area contributed by atoms with Gasteiger partial charge in [0.05, 0.1) is 0 Å². The van der Waals surface area contributed by atoms with E-state index in [-0.39, 0.29) is 0 Å². The molecule has 0 spiro atoms. The Morgan fingerprint density at radius 3 is 1.07 bits per heavy atom. The van der Waals surface area contributed by atoms with Gasteiger partial charge in [0.15, 0.2) is 0 Å². The minimum absolute atomic E-state index is 1.14. The number of pyridine rings is 2. The van der Waals surface area contributed by atoms with Crippen molar-refractivity contribution in [2.45, 2.75) is 0 Å². The van der Waals surface area contributed by atoms with E-state index in [1.54, 1.807) is 0 Å². The molecule has 0 aliphatic heterocycles. The second-order valence-corrected chi connectivity index (χ2v) is 7.15. The largest absolute Gasteiger partial charge is 0.265 e. The summed E-state index contributed by atoms with van der Waals surface area (Å²) in [6.07, 6.45) is 16.0. The maximum atomic E-state index is 4.11. The van der Waals surface area contributed by atoms with Crippen molar-refractivity contribution < 1.29 is 0 Å². The van der Waals surface area contributed by atoms with Crippen LogP contribution in [0.3, 0.4) is 0 Å². The maximum absolute atomic E-state index is 4.11. The normalized spacial score (nSPS) is 11.7. The van der Waals surface area contributed by atoms with Gasteiger partial charge < -0.3 is 0 Å². The fourth-order valence-corrected chi connectivity index (χ4v) is 3.86. The number of hydrogen-bond donors (Lipinski definition) is 0. The lowest BCUT2D eigenvalue weighted by molar-refractivity contribution is 1.32. The zero-order valence-corrected chi connectivity index (χ0v) is 16.4. The molecule has 0 unspecified atom stereocenters. The Kier molecular flexibility index (Phi) is 4.89. The lowest BCUT2D eigenvalue weighted by Gasteiger charge is -2.13. The molecule has 0 aliphatic carbocycles. The third-order valence-electron chi connectivity index (χ3n) is 5.31. The first kappa shape index (κ1) is 18.0. The SMILES string of the molecule is C(=Cc1c2ccccc2c(/C=C/c2ccncc2)c2ccccc12)c1ccncc1. The van der Waals surface area contributed by atoms with Crippen molar-refractivity contribution in [1.82, 2.24) is 9.97 Å². The van der Waals surface area contributed by atoms with Gasteiger partial charge in [-0.15, -0.1) is 0 Å². The van der Waals surface area contributed by atoms with Crippen molar-refractivity contribution in [1.29, 1.82) is 0 Å². The summed E-state index contributed by atoms with van der Waals surface area (Å²) in [5.74, 6) is 0. The van der Waals surface area contributed by atoms with Crippen LogP contribution in [-0.2, 0) is 0 Å². The molecular formula is C28H20N2. The van der Waals surface area contributed by atoms with Crippen LogP contribution in [0.2, 0.25) is 0 Å². The van der Waals surface area contributed by atoms with Gasteiger partial charge in [-0.3, -0.25) is 9.97 Å². The second-order valence-electron chi connectivity index (χ2n) is 7.15. The number of hydrogen-bond acceptors (Lipinski definition) is 2. The van der Waals surface area contributed by atoms with Gasteiger partial charge in [0.2, 0.25) is 0 Å². The van der Waals surface area contributed by atoms with Crippen LogP contribution in [0.15, 0.2) is 97.6 Å². The Hall–Kier alpha value is -4.04. The number of fused-ring (bicyclic) bond motifs is 2. The molecule has 0 N–H and O–H groups in total. The third kappa shape index (κ3) is 3.51. The summed E-state index contributed by atoms with van der Waals surface area (Å²) in [5.41, 5.74) is 4.75. The van der Waals surface area contributed by atoms with Crippen LogP contribution in [0.1, 0.15) is 22.3 Å². The van der Waals surface area contributed by atoms with Crippen LogP contribution in [0, 0.1) is 0 Å². The number of nitrogens with zero attached hydrogens (tertiary/aromatic N) is 2.